The van der Waals surface area contributed by atoms with Crippen LogP contribution in [0.3, 0.4) is 0 Å². The molecule has 2 aliphatic rings. The molecule has 2 aliphatic heterocycles. The van der Waals surface area contributed by atoms with Gasteiger partial charge in [-0.2, -0.15) is 0 Å². The minimum atomic E-state index is 0.109. The van der Waals surface area contributed by atoms with Crippen LogP contribution in [0.4, 0.5) is 0 Å². The van der Waals surface area contributed by atoms with Crippen molar-refractivity contribution < 1.29 is 14.3 Å². The van der Waals surface area contributed by atoms with Crippen LogP contribution in [0.25, 0.3) is 0 Å². The number of ether oxygens (including phenoxy) is 2. The molecule has 5 rings (SSSR count). The molecule has 0 unspecified atom stereocenters. The van der Waals surface area contributed by atoms with Crippen molar-refractivity contribution in [3.05, 3.63) is 95.1 Å². The van der Waals surface area contributed by atoms with Crippen LogP contribution in [-0.4, -0.2) is 48.2 Å². The minimum absolute atomic E-state index is 0.109. The molecule has 0 radical (unpaired) electrons. The summed E-state index contributed by atoms with van der Waals surface area (Å²) in [5, 5.41) is 0. The zero-order chi connectivity index (χ0) is 24.4. The summed E-state index contributed by atoms with van der Waals surface area (Å²) in [7, 11) is 0. The third-order valence-corrected chi connectivity index (χ3v) is 7.20. The second-order valence-electron chi connectivity index (χ2n) is 10.1. The van der Waals surface area contributed by atoms with Gasteiger partial charge in [-0.1, -0.05) is 54.1 Å². The summed E-state index contributed by atoms with van der Waals surface area (Å²) < 4.78 is 11.1. The molecule has 5 heteroatoms. The van der Waals surface area contributed by atoms with Crippen molar-refractivity contribution in [1.82, 2.24) is 9.80 Å². The average molecular weight is 471 g/mol. The number of fused-ring (bicyclic) bond motifs is 1. The lowest BCUT2D eigenvalue weighted by Gasteiger charge is -2.32. The first-order valence-corrected chi connectivity index (χ1v) is 12.5. The van der Waals surface area contributed by atoms with Gasteiger partial charge >= 0.3 is 0 Å². The Morgan fingerprint density at radius 2 is 1.71 bits per heavy atom. The smallest absolute Gasteiger partial charge is 0.254 e. The number of rotatable bonds is 7. The fraction of sp³-hybridized carbons (Fsp3) is 0.367. The van der Waals surface area contributed by atoms with Crippen LogP contribution in [0.2, 0.25) is 0 Å². The molecule has 35 heavy (non-hydrogen) atoms. The number of carbonyl (C=O) groups is 1. The van der Waals surface area contributed by atoms with Crippen molar-refractivity contribution in [1.29, 1.82) is 0 Å². The van der Waals surface area contributed by atoms with Crippen molar-refractivity contribution in [3.63, 3.8) is 0 Å². The Kier molecular flexibility index (Phi) is 6.78. The van der Waals surface area contributed by atoms with Crippen molar-refractivity contribution in [2.24, 2.45) is 5.92 Å². The standard InChI is InChI=1S/C30H34N2O3/c1-21(2)32(30(33)25-7-5-4-6-8-25)18-26-17-31(19-27(26)24-12-9-22(3)10-13-24)16-23-11-14-28-29(15-23)35-20-34-28/h4-15,21,26-27H,16-20H2,1-3H3/t26-,27-/m1/s1. The van der Waals surface area contributed by atoms with Gasteiger partial charge in [0, 0.05) is 43.7 Å². The lowest BCUT2D eigenvalue weighted by molar-refractivity contribution is 0.0668. The molecule has 0 bridgehead atoms. The first-order valence-electron chi connectivity index (χ1n) is 12.5. The molecule has 0 aromatic heterocycles. The van der Waals surface area contributed by atoms with Crippen LogP contribution in [0, 0.1) is 12.8 Å². The molecule has 5 nitrogen and oxygen atoms in total. The summed E-state index contributed by atoms with van der Waals surface area (Å²) >= 11 is 0. The van der Waals surface area contributed by atoms with E-state index >= 15 is 0 Å². The predicted molar refractivity (Wildman–Crippen MR) is 138 cm³/mol. The molecule has 1 fully saturated rings. The molecule has 0 spiro atoms. The van der Waals surface area contributed by atoms with E-state index in [1.165, 1.54) is 16.7 Å². The van der Waals surface area contributed by atoms with E-state index in [2.05, 4.69) is 62.1 Å². The second-order valence-corrected chi connectivity index (χ2v) is 10.1. The average Bonchev–Trinajstić information content (AvgIpc) is 3.49. The van der Waals surface area contributed by atoms with Gasteiger partial charge in [0.25, 0.3) is 5.91 Å². The molecule has 3 aromatic carbocycles. The highest BCUT2D eigenvalue weighted by Crippen LogP contribution is 2.37. The predicted octanol–water partition coefficient (Wildman–Crippen LogP) is 5.49. The van der Waals surface area contributed by atoms with Gasteiger partial charge in [-0.3, -0.25) is 9.69 Å². The molecule has 0 N–H and O–H groups in total. The van der Waals surface area contributed by atoms with Gasteiger partial charge < -0.3 is 14.4 Å². The highest BCUT2D eigenvalue weighted by Gasteiger charge is 2.36. The number of likely N-dealkylation sites (tertiary alicyclic amines) is 1. The van der Waals surface area contributed by atoms with E-state index in [0.717, 1.165) is 43.2 Å². The van der Waals surface area contributed by atoms with E-state index in [1.54, 1.807) is 0 Å². The first-order chi connectivity index (χ1) is 17.0. The van der Waals surface area contributed by atoms with E-state index in [-0.39, 0.29) is 11.9 Å². The van der Waals surface area contributed by atoms with Crippen LogP contribution < -0.4 is 9.47 Å². The largest absolute Gasteiger partial charge is 0.454 e. The summed E-state index contributed by atoms with van der Waals surface area (Å²) in [6, 6.07) is 24.9. The van der Waals surface area contributed by atoms with Crippen molar-refractivity contribution in [2.45, 2.75) is 39.3 Å². The number of amides is 1. The molecule has 0 saturated carbocycles. The van der Waals surface area contributed by atoms with Crippen molar-refractivity contribution >= 4 is 5.91 Å². The Labute approximate surface area is 208 Å². The number of carbonyl (C=O) groups excluding carboxylic acids is 1. The van der Waals surface area contributed by atoms with E-state index < -0.39 is 0 Å². The Morgan fingerprint density at radius 1 is 0.971 bits per heavy atom. The summed E-state index contributed by atoms with van der Waals surface area (Å²) in [6.07, 6.45) is 0. The van der Waals surface area contributed by atoms with E-state index in [1.807, 2.05) is 41.3 Å². The van der Waals surface area contributed by atoms with E-state index in [4.69, 9.17) is 9.47 Å². The lowest BCUT2D eigenvalue weighted by Crippen LogP contribution is -2.42. The highest BCUT2D eigenvalue weighted by molar-refractivity contribution is 5.94. The van der Waals surface area contributed by atoms with Gasteiger partial charge in [0.05, 0.1) is 0 Å². The Morgan fingerprint density at radius 3 is 2.46 bits per heavy atom. The van der Waals surface area contributed by atoms with Gasteiger partial charge in [-0.15, -0.1) is 0 Å². The number of benzene rings is 3. The van der Waals surface area contributed by atoms with Gasteiger partial charge in [-0.05, 0) is 62.1 Å². The van der Waals surface area contributed by atoms with Gasteiger partial charge in [-0.25, -0.2) is 0 Å². The molecule has 0 aliphatic carbocycles. The number of nitrogens with zero attached hydrogens (tertiary/aromatic N) is 2. The van der Waals surface area contributed by atoms with Crippen LogP contribution in [0.5, 0.6) is 11.5 Å². The van der Waals surface area contributed by atoms with Crippen LogP contribution in [0.1, 0.15) is 46.8 Å². The molecule has 1 amide bonds. The van der Waals surface area contributed by atoms with E-state index in [0.29, 0.717) is 18.6 Å². The molecular formula is C30H34N2O3. The Bertz CT molecular complexity index is 1160. The fourth-order valence-electron chi connectivity index (χ4n) is 5.29. The maximum Gasteiger partial charge on any atom is 0.254 e. The molecule has 2 atom stereocenters. The molecule has 2 heterocycles. The zero-order valence-electron chi connectivity index (χ0n) is 20.8. The SMILES string of the molecule is Cc1ccc([C@H]2CN(Cc3ccc4c(c3)OCO4)C[C@@H]2CN(C(=O)c2ccccc2)C(C)C)cc1. The molecule has 1 saturated heterocycles. The maximum atomic E-state index is 13.4. The minimum Gasteiger partial charge on any atom is -0.454 e. The highest BCUT2D eigenvalue weighted by atomic mass is 16.7. The first kappa shape index (κ1) is 23.4. The summed E-state index contributed by atoms with van der Waals surface area (Å²) in [5.74, 6) is 2.47. The topological polar surface area (TPSA) is 42.0 Å². The quantitative estimate of drug-likeness (QED) is 0.458. The maximum absolute atomic E-state index is 13.4. The van der Waals surface area contributed by atoms with Gasteiger partial charge in [0.2, 0.25) is 6.79 Å². The van der Waals surface area contributed by atoms with Gasteiger partial charge in [0.15, 0.2) is 11.5 Å². The fourth-order valence-corrected chi connectivity index (χ4v) is 5.29. The summed E-state index contributed by atoms with van der Waals surface area (Å²) in [4.78, 5) is 18.0. The second kappa shape index (κ2) is 10.1. The van der Waals surface area contributed by atoms with Crippen LogP contribution in [-0.2, 0) is 6.54 Å². The Hall–Kier alpha value is -3.31. The summed E-state index contributed by atoms with van der Waals surface area (Å²) in [6.45, 7) is 10.1. The van der Waals surface area contributed by atoms with Crippen molar-refractivity contribution in [3.8, 4) is 11.5 Å². The molecule has 3 aromatic rings. The third kappa shape index (κ3) is 5.20. The summed E-state index contributed by atoms with van der Waals surface area (Å²) in [5.41, 5.74) is 4.59. The number of aryl methyl sites for hydroxylation is 1. The number of hydrogen-bond donors (Lipinski definition) is 0. The molecular weight excluding hydrogens is 436 g/mol. The van der Waals surface area contributed by atoms with E-state index in [9.17, 15) is 4.79 Å². The molecule has 182 valence electrons. The normalized spacial score (nSPS) is 19.3. The van der Waals surface area contributed by atoms with Crippen LogP contribution >= 0.6 is 0 Å². The monoisotopic (exact) mass is 470 g/mol. The third-order valence-electron chi connectivity index (χ3n) is 7.20. The van der Waals surface area contributed by atoms with Crippen LogP contribution in [0.15, 0.2) is 72.8 Å². The van der Waals surface area contributed by atoms with Gasteiger partial charge in [0.1, 0.15) is 0 Å². The van der Waals surface area contributed by atoms with Crippen molar-refractivity contribution in [2.75, 3.05) is 26.4 Å². The Balaban J connectivity index is 1.37. The zero-order valence-corrected chi connectivity index (χ0v) is 20.8. The number of hydrogen-bond acceptors (Lipinski definition) is 4. The lowest BCUT2D eigenvalue weighted by atomic mass is 9.88.